The number of nitrogens with zero attached hydrogens (tertiary/aromatic N) is 1. The molecule has 1 amide bonds. The van der Waals surface area contributed by atoms with E-state index in [0.29, 0.717) is 4.91 Å². The minimum absolute atomic E-state index is 0. The van der Waals surface area contributed by atoms with Gasteiger partial charge in [-0.2, -0.15) is 0 Å². The predicted octanol–water partition coefficient (Wildman–Crippen LogP) is -3.77. The van der Waals surface area contributed by atoms with Crippen LogP contribution in [0.2, 0.25) is 0 Å². The number of carboxylic acids is 1. The van der Waals surface area contributed by atoms with Crippen molar-refractivity contribution >= 4 is 40.8 Å². The summed E-state index contributed by atoms with van der Waals surface area (Å²) >= 11 is 6.65. The molecule has 0 bridgehead atoms. The number of hydrogen-bond donors (Lipinski definition) is 2. The molecule has 0 spiro atoms. The minimum Gasteiger partial charge on any atom is -0.543 e. The number of aliphatic hydroxyl groups is 1. The van der Waals surface area contributed by atoms with E-state index in [2.05, 4.69) is 5.32 Å². The van der Waals surface area contributed by atoms with Crippen molar-refractivity contribution in [2.24, 2.45) is 11.8 Å². The number of hydrogen-bond acceptors (Lipinski definition) is 6. The second-order valence-electron chi connectivity index (χ2n) is 5.94. The smallest absolute Gasteiger partial charge is 0.543 e. The maximum Gasteiger partial charge on any atom is 1.00 e. The van der Waals surface area contributed by atoms with Gasteiger partial charge in [-0.15, -0.1) is 11.8 Å². The van der Waals surface area contributed by atoms with E-state index in [1.165, 1.54) is 16.7 Å². The number of thioether (sulfide) groups is 1. The Bertz CT molecular complexity index is 595. The minimum atomic E-state index is -1.34. The van der Waals surface area contributed by atoms with Gasteiger partial charge in [0.2, 0.25) is 5.91 Å². The van der Waals surface area contributed by atoms with Gasteiger partial charge in [0.05, 0.1) is 40.0 Å². The van der Waals surface area contributed by atoms with Crippen LogP contribution in [0.3, 0.4) is 0 Å². The van der Waals surface area contributed by atoms with Crippen LogP contribution >= 0.6 is 24.0 Å². The third-order valence-electron chi connectivity index (χ3n) is 4.57. The molecule has 0 aromatic carbocycles. The van der Waals surface area contributed by atoms with Crippen LogP contribution in [-0.2, 0) is 9.59 Å². The standard InChI is InChI=1S/C14H18N2O4S2.K/c1-5-9-8(6(2)17)13(18)16(9)10(14(19)20)11(5)22-7-3-4-15-12(7)21;/h5-9,17H,3-4H2,1-2H3,(H,15,21)(H,19,20);/q;+1/p-1/t5-,6-,7+,8-,9-;/m1./s1. The number of amides is 1. The summed E-state index contributed by atoms with van der Waals surface area (Å²) in [5.41, 5.74) is -0.0425. The van der Waals surface area contributed by atoms with Crippen molar-refractivity contribution in [2.45, 2.75) is 37.7 Å². The SMILES string of the molecule is C[C@@H](O)[C@H]1C(=O)N2C(C(=O)[O-])=C(S[C@H]3CCNC3=S)[C@H](C)[C@H]12.[K+]. The number of carboxylic acid groups (broad SMARTS) is 1. The van der Waals surface area contributed by atoms with Crippen LogP contribution < -0.4 is 61.8 Å². The van der Waals surface area contributed by atoms with Crippen molar-refractivity contribution in [1.29, 1.82) is 0 Å². The van der Waals surface area contributed by atoms with E-state index in [1.54, 1.807) is 6.92 Å². The van der Waals surface area contributed by atoms with E-state index in [9.17, 15) is 19.8 Å². The van der Waals surface area contributed by atoms with E-state index >= 15 is 0 Å². The van der Waals surface area contributed by atoms with E-state index in [4.69, 9.17) is 12.2 Å². The van der Waals surface area contributed by atoms with Gasteiger partial charge in [-0.05, 0) is 13.3 Å². The second kappa shape index (κ2) is 7.41. The van der Waals surface area contributed by atoms with Gasteiger partial charge in [0.1, 0.15) is 0 Å². The molecule has 0 aliphatic carbocycles. The molecule has 6 nitrogen and oxygen atoms in total. The molecule has 23 heavy (non-hydrogen) atoms. The van der Waals surface area contributed by atoms with Gasteiger partial charge in [0.25, 0.3) is 0 Å². The Kier molecular flexibility index (Phi) is 6.39. The van der Waals surface area contributed by atoms with Gasteiger partial charge in [-0.25, -0.2) is 0 Å². The molecule has 3 rings (SSSR count). The van der Waals surface area contributed by atoms with Crippen molar-refractivity contribution in [3.8, 4) is 0 Å². The fraction of sp³-hybridized carbons (Fsp3) is 0.643. The second-order valence-corrected chi connectivity index (χ2v) is 7.62. The molecule has 2 N–H and O–H groups in total. The van der Waals surface area contributed by atoms with E-state index in [1.807, 2.05) is 6.92 Å². The zero-order valence-electron chi connectivity index (χ0n) is 13.2. The average Bonchev–Trinajstić information content (AvgIpc) is 2.92. The number of aliphatic carboxylic acids is 1. The van der Waals surface area contributed by atoms with Crippen LogP contribution in [0.15, 0.2) is 10.6 Å². The Morgan fingerprint density at radius 3 is 2.70 bits per heavy atom. The predicted molar refractivity (Wildman–Crippen MR) is 83.6 cm³/mol. The van der Waals surface area contributed by atoms with E-state index < -0.39 is 18.0 Å². The molecule has 0 aromatic heterocycles. The van der Waals surface area contributed by atoms with E-state index in [0.717, 1.165) is 18.0 Å². The van der Waals surface area contributed by atoms with Crippen LogP contribution in [0.4, 0.5) is 0 Å². The normalized spacial score (nSPS) is 33.8. The summed E-state index contributed by atoms with van der Waals surface area (Å²) in [4.78, 5) is 26.4. The Morgan fingerprint density at radius 2 is 2.22 bits per heavy atom. The Balaban J connectivity index is 0.00000192. The third kappa shape index (κ3) is 3.19. The van der Waals surface area contributed by atoms with Crippen LogP contribution in [0.25, 0.3) is 0 Å². The van der Waals surface area contributed by atoms with Gasteiger partial charge in [-0.1, -0.05) is 19.1 Å². The monoisotopic (exact) mass is 380 g/mol. The number of carbonyl (C=O) groups is 2. The maximum absolute atomic E-state index is 12.2. The van der Waals surface area contributed by atoms with Gasteiger partial charge in [0, 0.05) is 17.4 Å². The Morgan fingerprint density at radius 1 is 1.57 bits per heavy atom. The Labute approximate surface area is 186 Å². The van der Waals surface area contributed by atoms with E-state index in [-0.39, 0.29) is 80.2 Å². The summed E-state index contributed by atoms with van der Waals surface area (Å²) in [5, 5.41) is 24.4. The molecule has 120 valence electrons. The fourth-order valence-electron chi connectivity index (χ4n) is 3.51. The van der Waals surface area contributed by atoms with Gasteiger partial charge >= 0.3 is 51.4 Å². The van der Waals surface area contributed by atoms with Crippen molar-refractivity contribution < 1.29 is 71.2 Å². The van der Waals surface area contributed by atoms with Crippen LogP contribution in [-0.4, -0.2) is 50.8 Å². The largest absolute Gasteiger partial charge is 1.00 e. The van der Waals surface area contributed by atoms with Gasteiger partial charge < -0.3 is 25.2 Å². The fourth-order valence-corrected chi connectivity index (χ4v) is 5.25. The number of carbonyl (C=O) groups excluding carboxylic acids is 2. The number of thiocarbonyl (C=S) groups is 1. The first-order valence-corrected chi connectivity index (χ1v) is 8.54. The molecule has 3 aliphatic heterocycles. The molecular weight excluding hydrogens is 363 g/mol. The number of rotatable bonds is 4. The van der Waals surface area contributed by atoms with Crippen molar-refractivity contribution in [1.82, 2.24) is 10.2 Å². The molecule has 2 saturated heterocycles. The molecule has 0 saturated carbocycles. The van der Waals surface area contributed by atoms with Crippen molar-refractivity contribution in [3.63, 3.8) is 0 Å². The number of nitrogens with one attached hydrogen (secondary N) is 1. The molecule has 0 unspecified atom stereocenters. The Hall–Kier alpha value is 0.516. The van der Waals surface area contributed by atoms with Crippen LogP contribution in [0.5, 0.6) is 0 Å². The summed E-state index contributed by atoms with van der Waals surface area (Å²) < 4.78 is 0. The molecule has 0 aromatic rings. The third-order valence-corrected chi connectivity index (χ3v) is 6.72. The quantitative estimate of drug-likeness (QED) is 0.294. The average molecular weight is 381 g/mol. The zero-order valence-corrected chi connectivity index (χ0v) is 18.0. The van der Waals surface area contributed by atoms with Gasteiger partial charge in [0.15, 0.2) is 0 Å². The first kappa shape index (κ1) is 19.8. The van der Waals surface area contributed by atoms with Crippen LogP contribution in [0, 0.1) is 11.8 Å². The molecule has 2 fully saturated rings. The maximum atomic E-state index is 12.2. The summed E-state index contributed by atoms with van der Waals surface area (Å²) in [7, 11) is 0. The number of β-lactam (4-membered cyclic amide) rings is 1. The molecule has 0 radical (unpaired) electrons. The molecule has 3 heterocycles. The van der Waals surface area contributed by atoms with Crippen LogP contribution in [0.1, 0.15) is 20.3 Å². The first-order valence-electron chi connectivity index (χ1n) is 7.25. The topological polar surface area (TPSA) is 92.7 Å². The molecule has 9 heteroatoms. The summed E-state index contributed by atoms with van der Waals surface area (Å²) in [6.07, 6.45) is 0.0381. The number of fused-ring (bicyclic) bond motifs is 1. The number of aliphatic hydroxyl groups excluding tert-OH is 1. The van der Waals surface area contributed by atoms with Crippen molar-refractivity contribution in [2.75, 3.05) is 6.54 Å². The first-order chi connectivity index (χ1) is 10.3. The summed E-state index contributed by atoms with van der Waals surface area (Å²) in [6, 6.07) is -0.300. The zero-order chi connectivity index (χ0) is 16.2. The van der Waals surface area contributed by atoms with Crippen molar-refractivity contribution in [3.05, 3.63) is 10.6 Å². The van der Waals surface area contributed by atoms with Gasteiger partial charge in [-0.3, -0.25) is 4.79 Å². The summed E-state index contributed by atoms with van der Waals surface area (Å²) in [5.74, 6) is -2.37. The molecule has 5 atom stereocenters. The molecule has 3 aliphatic rings. The molecular formula is C14H17KN2O4S2. The summed E-state index contributed by atoms with van der Waals surface area (Å²) in [6.45, 7) is 4.23.